The van der Waals surface area contributed by atoms with E-state index in [0.29, 0.717) is 0 Å². The van der Waals surface area contributed by atoms with E-state index < -0.39 is 102 Å². The summed E-state index contributed by atoms with van der Waals surface area (Å²) < 4.78 is 45.8. The molecule has 4 rings (SSSR count). The van der Waals surface area contributed by atoms with Crippen molar-refractivity contribution in [3.63, 3.8) is 0 Å². The van der Waals surface area contributed by atoms with Gasteiger partial charge in [0.2, 0.25) is 5.78 Å². The highest BCUT2D eigenvalue weighted by atomic mass is 16.6. The molecule has 0 aromatic rings. The lowest BCUT2D eigenvalue weighted by Gasteiger charge is -2.52. The number of Topliss-reactive ketones (excluding diaryl/α,β-unsaturated/α-hetero) is 2. The molecule has 10 atom stereocenters. The fourth-order valence-corrected chi connectivity index (χ4v) is 6.64. The summed E-state index contributed by atoms with van der Waals surface area (Å²) in [5.41, 5.74) is -2.50. The van der Waals surface area contributed by atoms with E-state index in [1.54, 1.807) is 13.0 Å². The Labute approximate surface area is 232 Å². The van der Waals surface area contributed by atoms with Crippen LogP contribution in [0.4, 0.5) is 0 Å². The van der Waals surface area contributed by atoms with Crippen molar-refractivity contribution >= 4 is 29.5 Å². The summed E-state index contributed by atoms with van der Waals surface area (Å²) in [7, 11) is -3.01. The summed E-state index contributed by atoms with van der Waals surface area (Å²) in [5.74, 6) is -9.23. The zero-order valence-corrected chi connectivity index (χ0v) is 21.5. The number of rotatable bonds is 7. The summed E-state index contributed by atoms with van der Waals surface area (Å²) in [6.07, 6.45) is 7.21. The van der Waals surface area contributed by atoms with Crippen molar-refractivity contribution in [1.29, 1.82) is 0 Å². The minimum absolute atomic E-state index is 0.0896. The lowest BCUT2D eigenvalue weighted by atomic mass is 9.49. The Hall–Kier alpha value is -3.37. The summed E-state index contributed by atoms with van der Waals surface area (Å²) in [5, 5.41) is 19.9. The molecule has 0 radical (unpaired) electrons. The van der Waals surface area contributed by atoms with E-state index >= 15 is 0 Å². The number of aliphatic hydroxyl groups excluding tert-OH is 1. The van der Waals surface area contributed by atoms with E-state index in [0.717, 1.165) is 6.08 Å². The molecule has 0 aromatic carbocycles. The highest BCUT2D eigenvalue weighted by Gasteiger charge is 2.70. The zero-order valence-electron chi connectivity index (χ0n) is 25.5. The lowest BCUT2D eigenvalue weighted by molar-refractivity contribution is -0.169. The molecule has 1 spiro atoms. The largest absolute Gasteiger partial charge is 0.478 e. The van der Waals surface area contributed by atoms with E-state index in [-0.39, 0.29) is 12.8 Å². The van der Waals surface area contributed by atoms with Gasteiger partial charge in [0, 0.05) is 43.7 Å². The molecule has 3 fully saturated rings. The second-order valence-corrected chi connectivity index (χ2v) is 10.5. The van der Waals surface area contributed by atoms with Gasteiger partial charge in [-0.25, -0.2) is 4.79 Å². The van der Waals surface area contributed by atoms with E-state index in [9.17, 15) is 29.1 Å². The lowest BCUT2D eigenvalue weighted by Crippen LogP contribution is -2.61. The predicted molar refractivity (Wildman–Crippen MR) is 136 cm³/mol. The fraction of sp³-hybridized carbons (Fsp3) is 0.552. The van der Waals surface area contributed by atoms with Crippen LogP contribution < -0.4 is 0 Å². The third kappa shape index (κ3) is 5.03. The van der Waals surface area contributed by atoms with Gasteiger partial charge in [-0.2, -0.15) is 0 Å². The summed E-state index contributed by atoms with van der Waals surface area (Å²) in [6, 6.07) is 0. The number of carboxylic acid groups (broad SMARTS) is 1. The van der Waals surface area contributed by atoms with Gasteiger partial charge in [-0.05, 0) is 24.7 Å². The number of hydrogen-bond donors (Lipinski definition) is 2. The van der Waals surface area contributed by atoms with Crippen LogP contribution in [0.3, 0.4) is 0 Å². The number of esters is 2. The molecule has 10 heteroatoms. The minimum Gasteiger partial charge on any atom is -0.478 e. The van der Waals surface area contributed by atoms with Gasteiger partial charge >= 0.3 is 17.9 Å². The van der Waals surface area contributed by atoms with Crippen LogP contribution in [0.25, 0.3) is 0 Å². The molecule has 4 aliphatic rings. The first-order valence-electron chi connectivity index (χ1n) is 14.8. The fourth-order valence-electron chi connectivity index (χ4n) is 6.64. The number of carboxylic acids is 1. The molecule has 2 N–H and O–H groups in total. The van der Waals surface area contributed by atoms with Gasteiger partial charge in [0.25, 0.3) is 0 Å². The Bertz CT molecular complexity index is 1300. The molecular formula is C29H34O10. The van der Waals surface area contributed by atoms with Crippen molar-refractivity contribution < 1.29 is 53.9 Å². The first kappa shape index (κ1) is 23.5. The van der Waals surface area contributed by atoms with Gasteiger partial charge in [0.15, 0.2) is 17.3 Å². The number of cyclic esters (lactones) is 1. The van der Waals surface area contributed by atoms with Crippen LogP contribution in [-0.2, 0) is 38.2 Å². The number of ether oxygens (including phenoxy) is 3. The van der Waals surface area contributed by atoms with Crippen LogP contribution >= 0.6 is 0 Å². The molecule has 0 aromatic heterocycles. The number of methoxy groups -OCH3 is 1. The summed E-state index contributed by atoms with van der Waals surface area (Å²) in [4.78, 5) is 64.8. The number of aliphatic carboxylic acids is 1. The Morgan fingerprint density at radius 2 is 1.92 bits per heavy atom. The van der Waals surface area contributed by atoms with Gasteiger partial charge in [-0.3, -0.25) is 19.2 Å². The first-order valence-corrected chi connectivity index (χ1v) is 12.8. The molecule has 2 saturated carbocycles. The molecule has 210 valence electrons. The Kier molecular flexibility index (Phi) is 6.87. The third-order valence-corrected chi connectivity index (χ3v) is 8.38. The average molecular weight is 547 g/mol. The van der Waals surface area contributed by atoms with Crippen molar-refractivity contribution in [2.24, 2.45) is 40.9 Å². The average Bonchev–Trinajstić information content (AvgIpc) is 3.10. The maximum absolute atomic E-state index is 14.6. The van der Waals surface area contributed by atoms with Crippen LogP contribution in [0.1, 0.15) is 32.2 Å². The molecule has 39 heavy (non-hydrogen) atoms. The highest BCUT2D eigenvalue weighted by molar-refractivity contribution is 6.28. The van der Waals surface area contributed by atoms with Crippen LogP contribution in [0, 0.1) is 40.9 Å². The normalized spacial score (nSPS) is 43.6. The maximum Gasteiger partial charge on any atom is 0.328 e. The van der Waals surface area contributed by atoms with Gasteiger partial charge < -0.3 is 24.4 Å². The van der Waals surface area contributed by atoms with E-state index in [2.05, 4.69) is 4.74 Å². The van der Waals surface area contributed by atoms with E-state index in [4.69, 9.17) is 20.1 Å². The monoisotopic (exact) mass is 546 g/mol. The second kappa shape index (κ2) is 11.4. The van der Waals surface area contributed by atoms with Crippen molar-refractivity contribution in [2.45, 2.75) is 45.0 Å². The van der Waals surface area contributed by atoms with Gasteiger partial charge in [0.1, 0.15) is 6.10 Å². The van der Waals surface area contributed by atoms with Crippen molar-refractivity contribution in [3.05, 3.63) is 48.6 Å². The maximum atomic E-state index is 14.6. The molecule has 0 bridgehead atoms. The first-order chi connectivity index (χ1) is 20.0. The topological polar surface area (TPSA) is 154 Å². The molecule has 1 heterocycles. The van der Waals surface area contributed by atoms with Crippen LogP contribution in [0.15, 0.2) is 48.6 Å². The van der Waals surface area contributed by atoms with E-state index in [1.807, 2.05) is 6.08 Å². The molecule has 3 unspecified atom stereocenters. The number of aliphatic hydroxyl groups is 1. The number of carbonyl (C=O) groups excluding carboxylic acids is 4. The van der Waals surface area contributed by atoms with Crippen LogP contribution in [0.2, 0.25) is 0 Å². The predicted octanol–water partition coefficient (Wildman–Crippen LogP) is 1.82. The highest BCUT2D eigenvalue weighted by Crippen LogP contribution is 2.57. The van der Waals surface area contributed by atoms with Crippen molar-refractivity contribution in [3.8, 4) is 0 Å². The summed E-state index contributed by atoms with van der Waals surface area (Å²) in [6.45, 7) is 1.85. The molecule has 0 amide bonds. The number of hydrogen-bond acceptors (Lipinski definition) is 9. The quantitative estimate of drug-likeness (QED) is 0.159. The molecular weight excluding hydrogens is 508 g/mol. The Morgan fingerprint density at radius 3 is 2.62 bits per heavy atom. The third-order valence-electron chi connectivity index (χ3n) is 8.38. The van der Waals surface area contributed by atoms with Crippen LogP contribution in [-0.4, -0.2) is 71.6 Å². The Balaban J connectivity index is 1.77. The second-order valence-electron chi connectivity index (χ2n) is 10.5. The smallest absolute Gasteiger partial charge is 0.328 e. The number of carbonyl (C=O) groups is 5. The SMILES string of the molecule is [2H]C([2H])([2H])OCC1([2H])OC(=O)C2(C(=O)C3[C@H]4C[C@@H](OC(C)=O)[C@H](C)[C@@H](O)[C@@H]4C=C[C@H]3C[C@H]2\C=C/C=C\C=C/C(=O)O)C1=O. The number of fused-ring (bicyclic) bond motifs is 3. The summed E-state index contributed by atoms with van der Waals surface area (Å²) >= 11 is 0. The molecule has 1 aliphatic heterocycles. The molecule has 10 nitrogen and oxygen atoms in total. The molecule has 3 aliphatic carbocycles. The number of allylic oxidation sites excluding steroid dienone is 6. The van der Waals surface area contributed by atoms with Crippen molar-refractivity contribution in [1.82, 2.24) is 0 Å². The minimum atomic E-state index is -3.01. The number of ketones is 2. The zero-order chi connectivity index (χ0) is 31.9. The van der Waals surface area contributed by atoms with Gasteiger partial charge in [0.05, 0.1) is 18.2 Å². The van der Waals surface area contributed by atoms with E-state index in [1.165, 1.54) is 37.3 Å². The molecule has 1 saturated heterocycles. The van der Waals surface area contributed by atoms with Crippen molar-refractivity contribution in [2.75, 3.05) is 13.6 Å². The van der Waals surface area contributed by atoms with Gasteiger partial charge in [-0.15, -0.1) is 0 Å². The standard InChI is InChI=1S/C29H34O10/c1-15-21(38-16(2)30)13-20-19(25(15)33)11-10-17-12-18(8-6-4-5-7-9-23(31)32)29(27(35)24(17)20)26(34)22(14-37-3)39-28(29)36/h4-11,15,17-22,24-25,33H,12-14H2,1-3H3,(H,31,32)/b5-4-,8-6-,9-7-/t15-,17-,18+,19+,20-,21+,22?,24?,25+,29?/m0/s1/i3D3,22D. The van der Waals surface area contributed by atoms with Gasteiger partial charge in [-0.1, -0.05) is 49.5 Å². The van der Waals surface area contributed by atoms with Crippen LogP contribution in [0.5, 0.6) is 0 Å². The Morgan fingerprint density at radius 1 is 1.18 bits per heavy atom.